The maximum absolute atomic E-state index is 12.4. The molecular formula is C20H25N3O3. The second-order valence-corrected chi connectivity index (χ2v) is 6.73. The van der Waals surface area contributed by atoms with Crippen molar-refractivity contribution >= 4 is 22.7 Å². The summed E-state index contributed by atoms with van der Waals surface area (Å²) in [5.41, 5.74) is 1.17. The van der Waals surface area contributed by atoms with Gasteiger partial charge >= 0.3 is 6.03 Å². The SMILES string of the molecule is CC(=O)N1CCN(C(=O)NCCc2ccc3ccccc3c2)C[C@@H](O)C1. The van der Waals surface area contributed by atoms with Gasteiger partial charge in [-0.25, -0.2) is 4.79 Å². The number of amides is 3. The van der Waals surface area contributed by atoms with E-state index >= 15 is 0 Å². The van der Waals surface area contributed by atoms with Gasteiger partial charge in [0.1, 0.15) is 0 Å². The zero-order valence-corrected chi connectivity index (χ0v) is 15.0. The number of hydrogen-bond donors (Lipinski definition) is 2. The summed E-state index contributed by atoms with van der Waals surface area (Å²) < 4.78 is 0. The summed E-state index contributed by atoms with van der Waals surface area (Å²) in [5.74, 6) is -0.0809. The van der Waals surface area contributed by atoms with Crippen LogP contribution in [0.2, 0.25) is 0 Å². The molecule has 1 heterocycles. The van der Waals surface area contributed by atoms with Gasteiger partial charge in [-0.2, -0.15) is 0 Å². The van der Waals surface area contributed by atoms with Crippen molar-refractivity contribution in [3.05, 3.63) is 48.0 Å². The van der Waals surface area contributed by atoms with E-state index in [2.05, 4.69) is 35.6 Å². The van der Waals surface area contributed by atoms with Gasteiger partial charge in [-0.15, -0.1) is 0 Å². The van der Waals surface area contributed by atoms with Crippen LogP contribution in [-0.4, -0.2) is 65.7 Å². The first-order valence-corrected chi connectivity index (χ1v) is 8.97. The highest BCUT2D eigenvalue weighted by molar-refractivity contribution is 5.83. The van der Waals surface area contributed by atoms with E-state index < -0.39 is 6.10 Å². The second kappa shape index (κ2) is 8.19. The second-order valence-electron chi connectivity index (χ2n) is 6.73. The Morgan fingerprint density at radius 1 is 1.08 bits per heavy atom. The molecule has 0 radical (unpaired) electrons. The van der Waals surface area contributed by atoms with Gasteiger partial charge in [-0.05, 0) is 22.8 Å². The Bertz CT molecular complexity index is 793. The van der Waals surface area contributed by atoms with Crippen molar-refractivity contribution in [3.63, 3.8) is 0 Å². The summed E-state index contributed by atoms with van der Waals surface area (Å²) in [4.78, 5) is 27.0. The van der Waals surface area contributed by atoms with Crippen molar-refractivity contribution in [3.8, 4) is 0 Å². The Kier molecular flexibility index (Phi) is 5.73. The number of aliphatic hydroxyl groups is 1. The standard InChI is InChI=1S/C20H25N3O3/c1-15(24)22-10-11-23(14-19(25)13-22)20(26)21-9-8-16-6-7-17-4-2-3-5-18(17)12-16/h2-7,12,19,25H,8-11,13-14H2,1H3,(H,21,26)/t19-/m0/s1. The predicted molar refractivity (Wildman–Crippen MR) is 101 cm³/mol. The van der Waals surface area contributed by atoms with Crippen LogP contribution in [0.3, 0.4) is 0 Å². The molecule has 0 saturated carbocycles. The number of hydrogen-bond acceptors (Lipinski definition) is 3. The van der Waals surface area contributed by atoms with Crippen molar-refractivity contribution in [1.29, 1.82) is 0 Å². The molecule has 2 aromatic rings. The lowest BCUT2D eigenvalue weighted by molar-refractivity contribution is -0.129. The predicted octanol–water partition coefficient (Wildman–Crippen LogP) is 1.62. The van der Waals surface area contributed by atoms with Crippen molar-refractivity contribution in [2.45, 2.75) is 19.4 Å². The van der Waals surface area contributed by atoms with Crippen LogP contribution in [0.15, 0.2) is 42.5 Å². The van der Waals surface area contributed by atoms with Gasteiger partial charge in [0.2, 0.25) is 5.91 Å². The lowest BCUT2D eigenvalue weighted by Crippen LogP contribution is -2.44. The molecule has 1 aliphatic rings. The average Bonchev–Trinajstić information content (AvgIpc) is 2.83. The third kappa shape index (κ3) is 4.52. The van der Waals surface area contributed by atoms with Crippen LogP contribution in [0.25, 0.3) is 10.8 Å². The molecule has 26 heavy (non-hydrogen) atoms. The van der Waals surface area contributed by atoms with Crippen molar-refractivity contribution in [2.75, 3.05) is 32.7 Å². The zero-order valence-electron chi connectivity index (χ0n) is 15.0. The van der Waals surface area contributed by atoms with Crippen LogP contribution < -0.4 is 5.32 Å². The number of nitrogens with zero attached hydrogens (tertiary/aromatic N) is 2. The summed E-state index contributed by atoms with van der Waals surface area (Å²) in [6.07, 6.45) is 0.0274. The van der Waals surface area contributed by atoms with Gasteiger partial charge in [0.15, 0.2) is 0 Å². The Labute approximate surface area is 153 Å². The summed E-state index contributed by atoms with van der Waals surface area (Å²) >= 11 is 0. The first-order valence-electron chi connectivity index (χ1n) is 8.97. The van der Waals surface area contributed by atoms with Crippen LogP contribution in [0.1, 0.15) is 12.5 Å². The summed E-state index contributed by atoms with van der Waals surface area (Å²) in [7, 11) is 0. The van der Waals surface area contributed by atoms with Crippen LogP contribution in [-0.2, 0) is 11.2 Å². The van der Waals surface area contributed by atoms with Crippen LogP contribution >= 0.6 is 0 Å². The van der Waals surface area contributed by atoms with E-state index in [0.29, 0.717) is 19.6 Å². The minimum atomic E-state index is -0.715. The van der Waals surface area contributed by atoms with E-state index in [1.165, 1.54) is 23.3 Å². The number of nitrogens with one attached hydrogen (secondary N) is 1. The molecule has 0 aliphatic carbocycles. The molecule has 3 amide bonds. The molecule has 0 spiro atoms. The number of urea groups is 1. The van der Waals surface area contributed by atoms with Crippen LogP contribution in [0.4, 0.5) is 4.79 Å². The fourth-order valence-electron chi connectivity index (χ4n) is 3.28. The van der Waals surface area contributed by atoms with Crippen LogP contribution in [0, 0.1) is 0 Å². The Balaban J connectivity index is 1.52. The quantitative estimate of drug-likeness (QED) is 0.879. The Hall–Kier alpha value is -2.60. The van der Waals surface area contributed by atoms with E-state index in [1.54, 1.807) is 9.80 Å². The maximum Gasteiger partial charge on any atom is 0.317 e. The minimum Gasteiger partial charge on any atom is -0.389 e. The highest BCUT2D eigenvalue weighted by Gasteiger charge is 2.25. The highest BCUT2D eigenvalue weighted by atomic mass is 16.3. The van der Waals surface area contributed by atoms with E-state index in [0.717, 1.165) is 6.42 Å². The topological polar surface area (TPSA) is 72.9 Å². The third-order valence-electron chi connectivity index (χ3n) is 4.74. The molecule has 3 rings (SSSR count). The fraction of sp³-hybridized carbons (Fsp3) is 0.400. The van der Waals surface area contributed by atoms with E-state index in [-0.39, 0.29) is 25.0 Å². The van der Waals surface area contributed by atoms with Gasteiger partial charge in [-0.1, -0.05) is 42.5 Å². The molecule has 138 valence electrons. The monoisotopic (exact) mass is 355 g/mol. The number of fused-ring (bicyclic) bond motifs is 1. The summed E-state index contributed by atoms with van der Waals surface area (Å²) in [5, 5.41) is 15.3. The lowest BCUT2D eigenvalue weighted by Gasteiger charge is -2.22. The van der Waals surface area contributed by atoms with E-state index in [4.69, 9.17) is 0 Å². The number of β-amino-alcohol motifs (C(OH)–C–C–N with tert-alkyl or cyclic N) is 1. The Morgan fingerprint density at radius 3 is 2.54 bits per heavy atom. The molecule has 1 saturated heterocycles. The van der Waals surface area contributed by atoms with Gasteiger partial charge in [-0.3, -0.25) is 4.79 Å². The van der Waals surface area contributed by atoms with E-state index in [1.807, 2.05) is 12.1 Å². The molecule has 1 aliphatic heterocycles. The highest BCUT2D eigenvalue weighted by Crippen LogP contribution is 2.15. The Morgan fingerprint density at radius 2 is 1.77 bits per heavy atom. The largest absolute Gasteiger partial charge is 0.389 e. The first kappa shape index (κ1) is 18.2. The van der Waals surface area contributed by atoms with Gasteiger partial charge in [0.05, 0.1) is 12.6 Å². The van der Waals surface area contributed by atoms with Crippen molar-refractivity contribution in [1.82, 2.24) is 15.1 Å². The van der Waals surface area contributed by atoms with E-state index in [9.17, 15) is 14.7 Å². The van der Waals surface area contributed by atoms with Gasteiger partial charge in [0.25, 0.3) is 0 Å². The van der Waals surface area contributed by atoms with Crippen molar-refractivity contribution < 1.29 is 14.7 Å². The minimum absolute atomic E-state index is 0.0809. The molecule has 0 unspecified atom stereocenters. The molecular weight excluding hydrogens is 330 g/mol. The summed E-state index contributed by atoms with van der Waals surface area (Å²) in [6.45, 7) is 3.40. The van der Waals surface area contributed by atoms with Gasteiger partial charge < -0.3 is 20.2 Å². The molecule has 2 N–H and O–H groups in total. The molecule has 6 nitrogen and oxygen atoms in total. The first-order chi connectivity index (χ1) is 12.5. The lowest BCUT2D eigenvalue weighted by atomic mass is 10.1. The van der Waals surface area contributed by atoms with Gasteiger partial charge in [0, 0.05) is 33.1 Å². The summed E-state index contributed by atoms with van der Waals surface area (Å²) in [6, 6.07) is 14.3. The molecule has 1 fully saturated rings. The van der Waals surface area contributed by atoms with Crippen molar-refractivity contribution in [2.24, 2.45) is 0 Å². The molecule has 0 bridgehead atoms. The molecule has 2 aromatic carbocycles. The number of benzene rings is 2. The average molecular weight is 355 g/mol. The maximum atomic E-state index is 12.4. The molecule has 6 heteroatoms. The normalized spacial score (nSPS) is 17.8. The number of carbonyl (C=O) groups excluding carboxylic acids is 2. The third-order valence-corrected chi connectivity index (χ3v) is 4.74. The zero-order chi connectivity index (χ0) is 18.5. The number of aliphatic hydroxyl groups excluding tert-OH is 1. The van der Waals surface area contributed by atoms with Crippen LogP contribution in [0.5, 0.6) is 0 Å². The molecule has 0 aromatic heterocycles. The number of carbonyl (C=O) groups is 2. The molecule has 1 atom stereocenters. The number of rotatable bonds is 3. The fourth-order valence-corrected chi connectivity index (χ4v) is 3.28. The smallest absolute Gasteiger partial charge is 0.317 e.